The molecule has 1 aromatic carbocycles. The fraction of sp³-hybridized carbons (Fsp3) is 0.269. The van der Waals surface area contributed by atoms with Gasteiger partial charge >= 0.3 is 0 Å². The van der Waals surface area contributed by atoms with Crippen molar-refractivity contribution in [3.8, 4) is 11.1 Å². The van der Waals surface area contributed by atoms with Crippen LogP contribution >= 0.6 is 0 Å². The first-order chi connectivity index (χ1) is 18.7. The number of nitrogens with zero attached hydrogens (tertiary/aromatic N) is 7. The Labute approximate surface area is 222 Å². The minimum absolute atomic E-state index is 0.0610. The summed E-state index contributed by atoms with van der Waals surface area (Å²) in [5, 5.41) is 22.6. The van der Waals surface area contributed by atoms with Crippen molar-refractivity contribution in [2.75, 3.05) is 31.1 Å². The van der Waals surface area contributed by atoms with E-state index >= 15 is 0 Å². The summed E-state index contributed by atoms with van der Waals surface area (Å²) in [7, 11) is 1.85. The number of aliphatic imine (C=N–C) groups is 1. The van der Waals surface area contributed by atoms with Gasteiger partial charge in [-0.05, 0) is 13.0 Å². The average Bonchev–Trinajstić information content (AvgIpc) is 3.56. The predicted octanol–water partition coefficient (Wildman–Crippen LogP) is 3.05. The maximum Gasteiger partial charge on any atom is 0.225 e. The van der Waals surface area contributed by atoms with Gasteiger partial charge in [0.05, 0.1) is 17.5 Å². The Kier molecular flexibility index (Phi) is 6.91. The molecule has 0 spiro atoms. The third-order valence-corrected chi connectivity index (χ3v) is 6.71. The second-order valence-corrected chi connectivity index (χ2v) is 9.35. The van der Waals surface area contributed by atoms with Gasteiger partial charge in [0.15, 0.2) is 5.84 Å². The highest BCUT2D eigenvalue weighted by molar-refractivity contribution is 6.01. The second kappa shape index (κ2) is 10.3. The molecule has 4 aromatic rings. The minimum atomic E-state index is -2.11. The summed E-state index contributed by atoms with van der Waals surface area (Å²) in [4.78, 5) is 20.1. The van der Waals surface area contributed by atoms with E-state index in [4.69, 9.17) is 5.41 Å². The van der Waals surface area contributed by atoms with E-state index < -0.39 is 28.6 Å². The lowest BCUT2D eigenvalue weighted by Crippen LogP contribution is -2.49. The van der Waals surface area contributed by atoms with Crippen LogP contribution in [0.3, 0.4) is 0 Å². The van der Waals surface area contributed by atoms with Crippen LogP contribution in [0.4, 0.5) is 19.1 Å². The molecular weight excluding hydrogens is 511 g/mol. The summed E-state index contributed by atoms with van der Waals surface area (Å²) in [5.74, 6) is -2.45. The molecule has 10 nitrogen and oxygen atoms in total. The highest BCUT2D eigenvalue weighted by atomic mass is 19.1. The van der Waals surface area contributed by atoms with Crippen LogP contribution in [0.15, 0.2) is 54.2 Å². The lowest BCUT2D eigenvalue weighted by atomic mass is 9.89. The van der Waals surface area contributed by atoms with Crippen molar-refractivity contribution < 1.29 is 18.3 Å². The highest BCUT2D eigenvalue weighted by Gasteiger charge is 2.34. The monoisotopic (exact) mass is 537 g/mol. The first kappa shape index (κ1) is 26.1. The molecule has 3 aromatic heterocycles. The number of aromatic amines is 1. The molecule has 5 rings (SSSR count). The Bertz CT molecular complexity index is 1500. The van der Waals surface area contributed by atoms with Crippen LogP contribution in [0.2, 0.25) is 0 Å². The Balaban J connectivity index is 1.28. The molecule has 3 N–H and O–H groups in total. The smallest absolute Gasteiger partial charge is 0.225 e. The van der Waals surface area contributed by atoms with E-state index in [1.165, 1.54) is 19.3 Å². The number of benzene rings is 1. The molecule has 13 heteroatoms. The number of aromatic nitrogens is 5. The van der Waals surface area contributed by atoms with Crippen molar-refractivity contribution in [1.29, 1.82) is 5.41 Å². The first-order valence-electron chi connectivity index (χ1n) is 12.1. The van der Waals surface area contributed by atoms with Crippen LogP contribution in [0.5, 0.6) is 0 Å². The zero-order valence-corrected chi connectivity index (χ0v) is 21.2. The van der Waals surface area contributed by atoms with Crippen molar-refractivity contribution in [2.45, 2.75) is 12.5 Å². The van der Waals surface area contributed by atoms with E-state index in [-0.39, 0.29) is 5.56 Å². The fourth-order valence-corrected chi connectivity index (χ4v) is 4.65. The molecule has 0 radical (unpaired) electrons. The number of H-pyrrole nitrogens is 1. The van der Waals surface area contributed by atoms with Crippen molar-refractivity contribution in [3.05, 3.63) is 83.5 Å². The summed E-state index contributed by atoms with van der Waals surface area (Å²) >= 11 is 0. The van der Waals surface area contributed by atoms with Crippen molar-refractivity contribution in [2.24, 2.45) is 12.0 Å². The average molecular weight is 538 g/mol. The second-order valence-electron chi connectivity index (χ2n) is 9.35. The van der Waals surface area contributed by atoms with Gasteiger partial charge in [0.25, 0.3) is 0 Å². The van der Waals surface area contributed by atoms with E-state index in [2.05, 4.69) is 29.9 Å². The van der Waals surface area contributed by atoms with Gasteiger partial charge in [-0.15, -0.1) is 0 Å². The van der Waals surface area contributed by atoms with E-state index in [0.717, 1.165) is 23.2 Å². The topological polar surface area (TPSA) is 122 Å². The lowest BCUT2D eigenvalue weighted by Gasteiger charge is -2.36. The summed E-state index contributed by atoms with van der Waals surface area (Å²) in [6.45, 7) is 3.44. The molecule has 1 atom stereocenters. The zero-order valence-electron chi connectivity index (χ0n) is 21.2. The van der Waals surface area contributed by atoms with Gasteiger partial charge in [0.2, 0.25) is 5.95 Å². The minimum Gasteiger partial charge on any atom is -0.380 e. The Hall–Kier alpha value is -4.52. The third-order valence-electron chi connectivity index (χ3n) is 6.71. The molecule has 1 aliphatic rings. The molecule has 0 amide bonds. The third kappa shape index (κ3) is 5.12. The SMILES string of the molecule is Cn1cc(-c2c[nH]c(C(=NC=N)N3CCN(c4ncc([C@](C)(O)c5c(F)cc(F)cc5F)cn4)CC3)c2)cn1. The molecule has 0 aliphatic carbocycles. The molecule has 202 valence electrons. The first-order valence-corrected chi connectivity index (χ1v) is 12.1. The van der Waals surface area contributed by atoms with E-state index in [0.29, 0.717) is 50.1 Å². The number of aryl methyl sites for hydroxylation is 1. The molecule has 0 unspecified atom stereocenters. The van der Waals surface area contributed by atoms with Gasteiger partial charge in [-0.25, -0.2) is 28.1 Å². The van der Waals surface area contributed by atoms with Gasteiger partial charge < -0.3 is 19.9 Å². The summed E-state index contributed by atoms with van der Waals surface area (Å²) in [5.41, 5.74) is -0.0348. The number of amidine groups is 1. The maximum absolute atomic E-state index is 14.3. The van der Waals surface area contributed by atoms with Crippen LogP contribution in [-0.2, 0) is 12.6 Å². The number of piperazine rings is 1. The van der Waals surface area contributed by atoms with Gasteiger partial charge in [0.1, 0.15) is 29.4 Å². The molecule has 0 saturated carbocycles. The van der Waals surface area contributed by atoms with Crippen LogP contribution in [0.25, 0.3) is 11.1 Å². The number of anilines is 1. The van der Waals surface area contributed by atoms with Crippen LogP contribution < -0.4 is 4.90 Å². The van der Waals surface area contributed by atoms with Crippen LogP contribution in [0, 0.1) is 22.9 Å². The predicted molar refractivity (Wildman–Crippen MR) is 139 cm³/mol. The molecule has 4 heterocycles. The molecule has 1 fully saturated rings. The van der Waals surface area contributed by atoms with Crippen molar-refractivity contribution in [3.63, 3.8) is 0 Å². The summed E-state index contributed by atoms with van der Waals surface area (Å²) < 4.78 is 43.7. The normalized spacial score (nSPS) is 15.9. The zero-order chi connectivity index (χ0) is 27.7. The number of hydrogen-bond donors (Lipinski definition) is 3. The number of rotatable bonds is 6. The van der Waals surface area contributed by atoms with Gasteiger partial charge in [-0.3, -0.25) is 10.1 Å². The van der Waals surface area contributed by atoms with Crippen molar-refractivity contribution in [1.82, 2.24) is 29.6 Å². The van der Waals surface area contributed by atoms with Crippen LogP contribution in [0.1, 0.15) is 23.7 Å². The molecule has 0 bridgehead atoms. The molecule has 1 saturated heterocycles. The van der Waals surface area contributed by atoms with Gasteiger partial charge in [-0.2, -0.15) is 5.10 Å². The molecule has 1 aliphatic heterocycles. The quantitative estimate of drug-likeness (QED) is 0.257. The van der Waals surface area contributed by atoms with E-state index in [1.54, 1.807) is 10.9 Å². The molecule has 39 heavy (non-hydrogen) atoms. The van der Waals surface area contributed by atoms with Gasteiger partial charge in [0, 0.05) is 86.8 Å². The highest BCUT2D eigenvalue weighted by Crippen LogP contribution is 2.33. The van der Waals surface area contributed by atoms with E-state index in [9.17, 15) is 18.3 Å². The number of hydrogen-bond acceptors (Lipinski definition) is 6. The van der Waals surface area contributed by atoms with Crippen molar-refractivity contribution >= 4 is 18.1 Å². The Morgan fingerprint density at radius 1 is 1.05 bits per heavy atom. The Morgan fingerprint density at radius 3 is 2.31 bits per heavy atom. The molecular formula is C26H26F3N9O. The standard InChI is InChI=1S/C26H26F3N9O/c1-26(39,23-20(28)8-19(27)9-21(23)29)18-12-32-25(33-13-18)38-5-3-37(4-6-38)24(34-15-30)22-7-16(10-31-22)17-11-35-36(2)14-17/h7-15,30-31,39H,3-6H2,1-2H3/t26-/m0/s1. The van der Waals surface area contributed by atoms with Gasteiger partial charge in [-0.1, -0.05) is 0 Å². The van der Waals surface area contributed by atoms with Crippen LogP contribution in [-0.4, -0.2) is 73.1 Å². The number of aliphatic hydroxyl groups is 1. The van der Waals surface area contributed by atoms with E-state index in [1.807, 2.05) is 30.4 Å². The lowest BCUT2D eigenvalue weighted by molar-refractivity contribution is 0.0924. The fourth-order valence-electron chi connectivity index (χ4n) is 4.65. The number of halogens is 3. The Morgan fingerprint density at radius 2 is 1.72 bits per heavy atom. The maximum atomic E-state index is 14.3. The summed E-state index contributed by atoms with van der Waals surface area (Å²) in [6, 6.07) is 3.00. The summed E-state index contributed by atoms with van der Waals surface area (Å²) in [6.07, 6.45) is 9.17. The largest absolute Gasteiger partial charge is 0.380 e. The number of nitrogens with one attached hydrogen (secondary N) is 2.